The number of aryl methyl sites for hydroxylation is 1. The zero-order chi connectivity index (χ0) is 26.1. The van der Waals surface area contributed by atoms with Crippen LogP contribution in [0.4, 0.5) is 0 Å². The van der Waals surface area contributed by atoms with E-state index < -0.39 is 0 Å². The van der Waals surface area contributed by atoms with Crippen LogP contribution in [-0.2, 0) is 33.8 Å². The molecule has 0 unspecified atom stereocenters. The van der Waals surface area contributed by atoms with Crippen molar-refractivity contribution in [2.24, 2.45) is 0 Å². The van der Waals surface area contributed by atoms with Crippen LogP contribution in [0, 0.1) is 6.92 Å². The second-order valence-electron chi connectivity index (χ2n) is 13.1. The SMILES string of the molecule is Cc1cc2cc(c1)CSCc1cc3cc(C(C)(C)C)cc4c(cc5cc(C(C)(C)C)cc1c5c34)CSC2. The second kappa shape index (κ2) is 8.95. The fraction of sp³-hybridized carbons (Fsp3) is 0.371. The molecule has 0 saturated carbocycles. The van der Waals surface area contributed by atoms with Crippen molar-refractivity contribution in [1.29, 1.82) is 0 Å². The van der Waals surface area contributed by atoms with Gasteiger partial charge in [-0.15, -0.1) is 0 Å². The highest BCUT2D eigenvalue weighted by Crippen LogP contribution is 2.44. The van der Waals surface area contributed by atoms with Crippen molar-refractivity contribution in [1.82, 2.24) is 0 Å². The molecule has 0 spiro atoms. The maximum Gasteiger partial charge on any atom is 0.0194 e. The third-order valence-corrected chi connectivity index (χ3v) is 10.0. The molecule has 0 aliphatic carbocycles. The van der Waals surface area contributed by atoms with E-state index in [0.29, 0.717) is 0 Å². The lowest BCUT2D eigenvalue weighted by atomic mass is 9.79. The third kappa shape index (κ3) is 4.66. The van der Waals surface area contributed by atoms with Crippen molar-refractivity contribution >= 4 is 55.8 Å². The summed E-state index contributed by atoms with van der Waals surface area (Å²) >= 11 is 4.12. The van der Waals surface area contributed by atoms with Crippen molar-refractivity contribution in [2.75, 3.05) is 0 Å². The largest absolute Gasteiger partial charge is 0.152 e. The van der Waals surface area contributed by atoms with Gasteiger partial charge in [0.25, 0.3) is 0 Å². The molecule has 0 N–H and O–H groups in total. The monoisotopic (exact) mass is 522 g/mol. The number of rotatable bonds is 0. The van der Waals surface area contributed by atoms with Gasteiger partial charge in [-0.25, -0.2) is 0 Å². The van der Waals surface area contributed by atoms with Crippen LogP contribution in [-0.4, -0.2) is 0 Å². The third-order valence-electron chi connectivity index (χ3n) is 7.92. The highest BCUT2D eigenvalue weighted by Gasteiger charge is 2.23. The summed E-state index contributed by atoms with van der Waals surface area (Å²) in [7, 11) is 0. The van der Waals surface area contributed by atoms with Crippen molar-refractivity contribution in [3.8, 4) is 0 Å². The molecule has 0 aromatic heterocycles. The predicted molar refractivity (Wildman–Crippen MR) is 169 cm³/mol. The molecule has 37 heavy (non-hydrogen) atoms. The Morgan fingerprint density at radius 3 is 1.35 bits per heavy atom. The summed E-state index contributed by atoms with van der Waals surface area (Å²) in [6, 6.07) is 22.2. The molecule has 0 atom stereocenters. The number of hydrogen-bond acceptors (Lipinski definition) is 2. The van der Waals surface area contributed by atoms with Gasteiger partial charge in [0, 0.05) is 23.0 Å². The first-order chi connectivity index (χ1) is 17.5. The highest BCUT2D eigenvalue weighted by atomic mass is 32.2. The van der Waals surface area contributed by atoms with E-state index in [0.717, 1.165) is 23.0 Å². The normalized spacial score (nSPS) is 15.3. The van der Waals surface area contributed by atoms with Gasteiger partial charge in [-0.05, 0) is 95.6 Å². The van der Waals surface area contributed by atoms with Gasteiger partial charge >= 0.3 is 0 Å². The average molecular weight is 523 g/mol. The molecule has 0 saturated heterocycles. The molecule has 8 rings (SSSR count). The first-order valence-corrected chi connectivity index (χ1v) is 15.8. The molecule has 0 fully saturated rings. The molecule has 0 radical (unpaired) electrons. The van der Waals surface area contributed by atoms with E-state index in [1.807, 2.05) is 0 Å². The summed E-state index contributed by atoms with van der Waals surface area (Å²) in [4.78, 5) is 0. The molecule has 0 amide bonds. The summed E-state index contributed by atoms with van der Waals surface area (Å²) in [6.45, 7) is 16.3. The maximum absolute atomic E-state index is 2.52. The fourth-order valence-electron chi connectivity index (χ4n) is 5.93. The molecule has 3 aliphatic heterocycles. The molecule has 190 valence electrons. The first kappa shape index (κ1) is 25.1. The quantitative estimate of drug-likeness (QED) is 0.185. The summed E-state index contributed by atoms with van der Waals surface area (Å²) in [5.74, 6) is 4.18. The average Bonchev–Trinajstić information content (AvgIpc) is 2.81. The molecule has 10 bridgehead atoms. The van der Waals surface area contributed by atoms with E-state index >= 15 is 0 Å². The van der Waals surface area contributed by atoms with E-state index in [9.17, 15) is 0 Å². The lowest BCUT2D eigenvalue weighted by Gasteiger charge is -2.26. The topological polar surface area (TPSA) is 0 Å². The van der Waals surface area contributed by atoms with Gasteiger partial charge in [-0.2, -0.15) is 23.5 Å². The Labute approximate surface area is 230 Å². The van der Waals surface area contributed by atoms with Crippen molar-refractivity contribution in [3.63, 3.8) is 0 Å². The van der Waals surface area contributed by atoms with E-state index in [-0.39, 0.29) is 10.8 Å². The van der Waals surface area contributed by atoms with Crippen LogP contribution >= 0.6 is 23.5 Å². The van der Waals surface area contributed by atoms with Gasteiger partial charge < -0.3 is 0 Å². The first-order valence-electron chi connectivity index (χ1n) is 13.5. The molecule has 2 heteroatoms. The summed E-state index contributed by atoms with van der Waals surface area (Å²) in [6.07, 6.45) is 0. The molecular formula is C35H38S2. The Morgan fingerprint density at radius 2 is 0.946 bits per heavy atom. The minimum Gasteiger partial charge on any atom is -0.152 e. The second-order valence-corrected chi connectivity index (χ2v) is 15.1. The van der Waals surface area contributed by atoms with Crippen molar-refractivity contribution < 1.29 is 0 Å². The van der Waals surface area contributed by atoms with Crippen LogP contribution in [0.15, 0.2) is 54.6 Å². The van der Waals surface area contributed by atoms with Crippen molar-refractivity contribution in [2.45, 2.75) is 82.3 Å². The lowest BCUT2D eigenvalue weighted by Crippen LogP contribution is -2.12. The zero-order valence-corrected chi connectivity index (χ0v) is 25.0. The Hall–Kier alpha value is -2.16. The van der Waals surface area contributed by atoms with Crippen LogP contribution in [0.25, 0.3) is 32.3 Å². The van der Waals surface area contributed by atoms with Crippen LogP contribution in [0.2, 0.25) is 0 Å². The highest BCUT2D eigenvalue weighted by molar-refractivity contribution is 7.98. The summed E-state index contributed by atoms with van der Waals surface area (Å²) < 4.78 is 0. The minimum absolute atomic E-state index is 0.114. The standard InChI is InChI=1S/C35H38S2/c1-21-8-22-10-23(9-21)18-37-20-27-11-24-13-28(34(2,3)4)15-30-26(19-36-17-22)12-25-14-29(35(5,6)7)16-31(27)33(25)32(24)30/h8-16H,17-20H2,1-7H3. The van der Waals surface area contributed by atoms with E-state index in [2.05, 4.69) is 127 Å². The lowest BCUT2D eigenvalue weighted by molar-refractivity contribution is 0.591. The minimum atomic E-state index is 0.114. The van der Waals surface area contributed by atoms with Gasteiger partial charge in [0.1, 0.15) is 0 Å². The van der Waals surface area contributed by atoms with Crippen LogP contribution in [0.3, 0.4) is 0 Å². The van der Waals surface area contributed by atoms with Gasteiger partial charge in [-0.1, -0.05) is 89.6 Å². The number of thioether (sulfide) groups is 2. The molecule has 3 aliphatic rings. The summed E-state index contributed by atoms with van der Waals surface area (Å²) in [5.41, 5.74) is 10.3. The van der Waals surface area contributed by atoms with Crippen LogP contribution in [0.5, 0.6) is 0 Å². The van der Waals surface area contributed by atoms with Gasteiger partial charge in [-0.3, -0.25) is 0 Å². The Balaban J connectivity index is 1.69. The van der Waals surface area contributed by atoms with Gasteiger partial charge in [0.2, 0.25) is 0 Å². The Bertz CT molecular complexity index is 1520. The molecule has 5 aromatic carbocycles. The molecular weight excluding hydrogens is 485 g/mol. The van der Waals surface area contributed by atoms with Crippen LogP contribution in [0.1, 0.15) is 80.5 Å². The number of hydrogen-bond donors (Lipinski definition) is 0. The van der Waals surface area contributed by atoms with Crippen molar-refractivity contribution in [3.05, 3.63) is 93.5 Å². The summed E-state index contributed by atoms with van der Waals surface area (Å²) in [5, 5.41) is 8.67. The molecule has 0 nitrogen and oxygen atoms in total. The molecule has 5 aromatic rings. The Morgan fingerprint density at radius 1 is 0.514 bits per heavy atom. The Kier molecular flexibility index (Phi) is 6.08. The van der Waals surface area contributed by atoms with Gasteiger partial charge in [0.15, 0.2) is 0 Å². The fourth-order valence-corrected chi connectivity index (χ4v) is 7.86. The molecule has 3 heterocycles. The maximum atomic E-state index is 2.52. The zero-order valence-electron chi connectivity index (χ0n) is 23.3. The van der Waals surface area contributed by atoms with E-state index in [1.165, 1.54) is 71.3 Å². The van der Waals surface area contributed by atoms with E-state index in [4.69, 9.17) is 0 Å². The predicted octanol–water partition coefficient (Wildman–Crippen LogP) is 10.7. The van der Waals surface area contributed by atoms with E-state index in [1.54, 1.807) is 0 Å². The number of benzene rings is 5. The van der Waals surface area contributed by atoms with Gasteiger partial charge in [0.05, 0.1) is 0 Å². The smallest absolute Gasteiger partial charge is 0.0194 e. The van der Waals surface area contributed by atoms with Crippen LogP contribution < -0.4 is 0 Å².